The summed E-state index contributed by atoms with van der Waals surface area (Å²) in [4.78, 5) is 22.5. The zero-order chi connectivity index (χ0) is 19.7. The Labute approximate surface area is 167 Å². The van der Waals surface area contributed by atoms with Crippen LogP contribution in [0.25, 0.3) is 0 Å². The van der Waals surface area contributed by atoms with Gasteiger partial charge in [-0.15, -0.1) is 6.42 Å². The first kappa shape index (κ1) is 18.5. The highest BCUT2D eigenvalue weighted by Gasteiger charge is 2.44. The number of fused-ring (bicyclic) bond motifs is 1. The Kier molecular flexibility index (Phi) is 4.84. The van der Waals surface area contributed by atoms with Gasteiger partial charge in [-0.2, -0.15) is 0 Å². The van der Waals surface area contributed by atoms with Crippen LogP contribution in [0.15, 0.2) is 30.3 Å². The number of carbonyl (C=O) groups excluding carboxylic acids is 1. The second-order valence-corrected chi connectivity index (χ2v) is 7.15. The van der Waals surface area contributed by atoms with Crippen LogP contribution in [0.2, 0.25) is 5.28 Å². The summed E-state index contributed by atoms with van der Waals surface area (Å²) in [5.74, 6) is 3.31. The number of nitrogens with two attached hydrogens (primary N) is 1. The molecule has 1 aromatic carbocycles. The molecule has 2 aliphatic rings. The van der Waals surface area contributed by atoms with E-state index in [1.165, 1.54) is 0 Å². The van der Waals surface area contributed by atoms with Crippen molar-refractivity contribution in [2.24, 2.45) is 0 Å². The molecule has 2 aliphatic heterocycles. The van der Waals surface area contributed by atoms with E-state index in [2.05, 4.69) is 15.9 Å². The summed E-state index contributed by atoms with van der Waals surface area (Å²) in [5.41, 5.74) is 6.32. The van der Waals surface area contributed by atoms with Gasteiger partial charge in [-0.1, -0.05) is 24.1 Å². The monoisotopic (exact) mass is 398 g/mol. The standard InChI is InChI=1S/C20H19ClN4O3/c1-2-20(12-27-18(26)13-6-4-3-5-7-13)10-8-15(28-20)25-11-9-14-16(22)23-19(21)24-17(14)25/h1,3-7,15H,8-12H2,(H2,22,23,24). The summed E-state index contributed by atoms with van der Waals surface area (Å²) in [6, 6.07) is 8.77. The number of ether oxygens (including phenoxy) is 2. The molecule has 2 unspecified atom stereocenters. The van der Waals surface area contributed by atoms with Crippen molar-refractivity contribution in [3.8, 4) is 12.3 Å². The minimum atomic E-state index is -0.972. The first-order valence-corrected chi connectivity index (χ1v) is 9.35. The number of hydrogen-bond donors (Lipinski definition) is 1. The number of carbonyl (C=O) groups is 1. The molecule has 2 atom stereocenters. The van der Waals surface area contributed by atoms with Crippen LogP contribution in [-0.2, 0) is 15.9 Å². The molecule has 4 rings (SSSR count). The summed E-state index contributed by atoms with van der Waals surface area (Å²) in [5, 5.41) is 0.0983. The third-order valence-corrected chi connectivity index (χ3v) is 5.25. The van der Waals surface area contributed by atoms with E-state index in [0.717, 1.165) is 5.56 Å². The number of nitrogen functional groups attached to an aromatic ring is 1. The summed E-state index contributed by atoms with van der Waals surface area (Å²) < 4.78 is 11.6. The van der Waals surface area contributed by atoms with Gasteiger partial charge in [0.05, 0.1) is 5.56 Å². The van der Waals surface area contributed by atoms with Crippen molar-refractivity contribution in [2.75, 3.05) is 23.8 Å². The summed E-state index contributed by atoms with van der Waals surface area (Å²) >= 11 is 5.97. The lowest BCUT2D eigenvalue weighted by Crippen LogP contribution is -2.40. The second kappa shape index (κ2) is 7.30. The molecule has 28 heavy (non-hydrogen) atoms. The Bertz CT molecular complexity index is 946. The molecule has 1 aromatic heterocycles. The van der Waals surface area contributed by atoms with Crippen LogP contribution in [0.3, 0.4) is 0 Å². The number of rotatable bonds is 4. The summed E-state index contributed by atoms with van der Waals surface area (Å²) in [6.45, 7) is 0.671. The Morgan fingerprint density at radius 3 is 2.96 bits per heavy atom. The van der Waals surface area contributed by atoms with Crippen LogP contribution >= 0.6 is 11.6 Å². The van der Waals surface area contributed by atoms with Crippen LogP contribution in [0, 0.1) is 12.3 Å². The molecule has 0 radical (unpaired) electrons. The first-order chi connectivity index (χ1) is 13.5. The maximum absolute atomic E-state index is 12.2. The lowest BCUT2D eigenvalue weighted by Gasteiger charge is -2.29. The number of nitrogens with zero attached hydrogens (tertiary/aromatic N) is 3. The number of benzene rings is 1. The van der Waals surface area contributed by atoms with E-state index in [9.17, 15) is 4.79 Å². The fourth-order valence-electron chi connectivity index (χ4n) is 3.61. The zero-order valence-corrected chi connectivity index (χ0v) is 15.9. The molecule has 1 saturated heterocycles. The Morgan fingerprint density at radius 1 is 1.43 bits per heavy atom. The van der Waals surface area contributed by atoms with Gasteiger partial charge in [-0.25, -0.2) is 14.8 Å². The molecule has 8 heteroatoms. The van der Waals surface area contributed by atoms with Crippen LogP contribution < -0.4 is 10.6 Å². The largest absolute Gasteiger partial charge is 0.458 e. The van der Waals surface area contributed by atoms with E-state index in [-0.39, 0.29) is 18.1 Å². The Balaban J connectivity index is 1.46. The lowest BCUT2D eigenvalue weighted by atomic mass is 10.0. The van der Waals surface area contributed by atoms with Gasteiger partial charge < -0.3 is 20.1 Å². The van der Waals surface area contributed by atoms with Crippen LogP contribution in [0.5, 0.6) is 0 Å². The maximum Gasteiger partial charge on any atom is 0.338 e. The first-order valence-electron chi connectivity index (χ1n) is 8.98. The number of anilines is 2. The van der Waals surface area contributed by atoms with Crippen molar-refractivity contribution in [1.82, 2.24) is 9.97 Å². The van der Waals surface area contributed by atoms with Crippen LogP contribution in [-0.4, -0.2) is 40.9 Å². The highest BCUT2D eigenvalue weighted by molar-refractivity contribution is 6.28. The highest BCUT2D eigenvalue weighted by atomic mass is 35.5. The van der Waals surface area contributed by atoms with E-state index < -0.39 is 11.6 Å². The van der Waals surface area contributed by atoms with Crippen LogP contribution in [0.1, 0.15) is 28.8 Å². The third kappa shape index (κ3) is 3.37. The molecular weight excluding hydrogens is 380 g/mol. The zero-order valence-electron chi connectivity index (χ0n) is 15.1. The van der Waals surface area contributed by atoms with Crippen molar-refractivity contribution in [2.45, 2.75) is 31.1 Å². The van der Waals surface area contributed by atoms with Gasteiger partial charge >= 0.3 is 5.97 Å². The topological polar surface area (TPSA) is 90.6 Å². The summed E-state index contributed by atoms with van der Waals surface area (Å²) in [6.07, 6.45) is 7.41. The molecular formula is C20H19ClN4O3. The second-order valence-electron chi connectivity index (χ2n) is 6.82. The van der Waals surface area contributed by atoms with Gasteiger partial charge in [-0.05, 0) is 43.0 Å². The van der Waals surface area contributed by atoms with Crippen molar-refractivity contribution >= 4 is 29.2 Å². The molecule has 2 aromatic rings. The van der Waals surface area contributed by atoms with Gasteiger partial charge in [0, 0.05) is 12.1 Å². The van der Waals surface area contributed by atoms with Gasteiger partial charge in [0.15, 0.2) is 5.60 Å². The van der Waals surface area contributed by atoms with E-state index in [4.69, 9.17) is 33.2 Å². The molecule has 0 aliphatic carbocycles. The quantitative estimate of drug-likeness (QED) is 0.480. The average molecular weight is 399 g/mol. The van der Waals surface area contributed by atoms with Crippen molar-refractivity contribution in [3.05, 3.63) is 46.7 Å². The molecule has 0 amide bonds. The third-order valence-electron chi connectivity index (χ3n) is 5.08. The number of esters is 1. The Hall–Kier alpha value is -2.82. The molecule has 2 N–H and O–H groups in total. The van der Waals surface area contributed by atoms with Crippen molar-refractivity contribution < 1.29 is 14.3 Å². The molecule has 7 nitrogen and oxygen atoms in total. The van der Waals surface area contributed by atoms with Gasteiger partial charge in [0.1, 0.15) is 24.5 Å². The predicted molar refractivity (Wildman–Crippen MR) is 105 cm³/mol. The molecule has 0 bridgehead atoms. The Morgan fingerprint density at radius 2 is 2.21 bits per heavy atom. The molecule has 0 spiro atoms. The van der Waals surface area contributed by atoms with E-state index >= 15 is 0 Å². The molecule has 144 valence electrons. The van der Waals surface area contributed by atoms with Crippen molar-refractivity contribution in [3.63, 3.8) is 0 Å². The fraction of sp³-hybridized carbons (Fsp3) is 0.350. The smallest absolute Gasteiger partial charge is 0.338 e. The van der Waals surface area contributed by atoms with Crippen LogP contribution in [0.4, 0.5) is 11.6 Å². The van der Waals surface area contributed by atoms with Gasteiger partial charge in [0.2, 0.25) is 5.28 Å². The maximum atomic E-state index is 12.2. The number of terminal acetylenes is 1. The highest BCUT2D eigenvalue weighted by Crippen LogP contribution is 2.39. The predicted octanol–water partition coefficient (Wildman–Crippen LogP) is 2.44. The van der Waals surface area contributed by atoms with E-state index in [1.54, 1.807) is 24.3 Å². The molecule has 3 heterocycles. The minimum Gasteiger partial charge on any atom is -0.458 e. The average Bonchev–Trinajstić information content (AvgIpc) is 3.31. The summed E-state index contributed by atoms with van der Waals surface area (Å²) in [7, 11) is 0. The number of aromatic nitrogens is 2. The number of hydrogen-bond acceptors (Lipinski definition) is 7. The SMILES string of the molecule is C#CC1(COC(=O)c2ccccc2)CCC(N2CCc3c(N)nc(Cl)nc32)O1. The minimum absolute atomic E-state index is 0.0128. The number of halogens is 1. The molecule has 1 fully saturated rings. The van der Waals surface area contributed by atoms with Gasteiger partial charge in [-0.3, -0.25) is 0 Å². The normalized spacial score (nSPS) is 23.3. The van der Waals surface area contributed by atoms with Crippen molar-refractivity contribution in [1.29, 1.82) is 0 Å². The van der Waals surface area contributed by atoms with E-state index in [1.807, 2.05) is 11.0 Å². The van der Waals surface area contributed by atoms with E-state index in [0.29, 0.717) is 43.0 Å². The lowest BCUT2D eigenvalue weighted by molar-refractivity contribution is -0.0446. The molecule has 0 saturated carbocycles. The van der Waals surface area contributed by atoms with Gasteiger partial charge in [0.25, 0.3) is 0 Å². The fourth-order valence-corrected chi connectivity index (χ4v) is 3.78.